The van der Waals surface area contributed by atoms with Crippen molar-refractivity contribution < 1.29 is 9.67 Å². The number of benzene rings is 2. The summed E-state index contributed by atoms with van der Waals surface area (Å²) in [7, 11) is 0. The molecule has 0 saturated carbocycles. The van der Waals surface area contributed by atoms with Crippen LogP contribution < -0.4 is 9.47 Å². The second-order valence-corrected chi connectivity index (χ2v) is 6.69. The number of hydrogen-bond donors (Lipinski definition) is 1. The van der Waals surface area contributed by atoms with E-state index < -0.39 is 0 Å². The summed E-state index contributed by atoms with van der Waals surface area (Å²) < 4.78 is 1.92. The van der Waals surface area contributed by atoms with Crippen LogP contribution in [0.5, 0.6) is 0 Å². The number of aryl methyl sites for hydroxylation is 1. The molecular formula is C20H17N2OS+. The highest BCUT2D eigenvalue weighted by Crippen LogP contribution is 2.48. The van der Waals surface area contributed by atoms with Crippen molar-refractivity contribution in [1.29, 1.82) is 0 Å². The zero-order valence-corrected chi connectivity index (χ0v) is 14.1. The van der Waals surface area contributed by atoms with E-state index in [0.29, 0.717) is 0 Å². The third kappa shape index (κ3) is 2.55. The van der Waals surface area contributed by atoms with Gasteiger partial charge in [0.05, 0.1) is 11.4 Å². The largest absolute Gasteiger partial charge is 0.490 e. The fraction of sp³-hybridized carbons (Fsp3) is 0.0500. The predicted molar refractivity (Wildman–Crippen MR) is 97.4 cm³/mol. The van der Waals surface area contributed by atoms with Crippen LogP contribution in [0.15, 0.2) is 88.6 Å². The van der Waals surface area contributed by atoms with Crippen LogP contribution in [0.2, 0.25) is 0 Å². The molecule has 0 spiro atoms. The number of para-hydroxylation sites is 2. The molecule has 1 aliphatic heterocycles. The number of pyridine rings is 1. The zero-order chi connectivity index (χ0) is 16.5. The first kappa shape index (κ1) is 14.8. The number of rotatable bonds is 2. The molecule has 4 rings (SSSR count). The predicted octanol–water partition coefficient (Wildman–Crippen LogP) is 4.90. The number of anilines is 2. The maximum atomic E-state index is 10.9. The molecule has 118 valence electrons. The highest BCUT2D eigenvalue weighted by atomic mass is 32.2. The topological polar surface area (TPSA) is 27.4 Å². The lowest BCUT2D eigenvalue weighted by Gasteiger charge is -2.30. The van der Waals surface area contributed by atoms with Crippen molar-refractivity contribution in [1.82, 2.24) is 0 Å². The Bertz CT molecular complexity index is 891. The maximum Gasteiger partial charge on any atom is 0.263 e. The van der Waals surface area contributed by atoms with Gasteiger partial charge in [-0.2, -0.15) is 4.57 Å². The summed E-state index contributed by atoms with van der Waals surface area (Å²) in [4.78, 5) is 4.16. The van der Waals surface area contributed by atoms with Crippen LogP contribution in [0.3, 0.4) is 0 Å². The number of hydrogen-bond acceptors (Lipinski definition) is 3. The zero-order valence-electron chi connectivity index (χ0n) is 13.3. The van der Waals surface area contributed by atoms with Gasteiger partial charge in [0.1, 0.15) is 0 Å². The maximum absolute atomic E-state index is 10.9. The lowest BCUT2D eigenvalue weighted by molar-refractivity contribution is -0.576. The van der Waals surface area contributed by atoms with Gasteiger partial charge in [-0.1, -0.05) is 42.1 Å². The molecule has 0 radical (unpaired) electrons. The summed E-state index contributed by atoms with van der Waals surface area (Å²) >= 11 is 1.73. The van der Waals surface area contributed by atoms with Crippen LogP contribution in [-0.2, 0) is 0 Å². The molecule has 3 aromatic rings. The fourth-order valence-corrected chi connectivity index (χ4v) is 3.88. The van der Waals surface area contributed by atoms with Gasteiger partial charge < -0.3 is 5.11 Å². The van der Waals surface area contributed by atoms with E-state index in [4.69, 9.17) is 0 Å². The minimum absolute atomic E-state index is 0.189. The smallest absolute Gasteiger partial charge is 0.263 e. The van der Waals surface area contributed by atoms with Gasteiger partial charge in [0.15, 0.2) is 11.9 Å². The van der Waals surface area contributed by atoms with E-state index in [1.54, 1.807) is 18.0 Å². The Morgan fingerprint density at radius 2 is 1.50 bits per heavy atom. The monoisotopic (exact) mass is 333 g/mol. The molecule has 2 aromatic carbocycles. The Labute approximate surface area is 145 Å². The first-order valence-electron chi connectivity index (χ1n) is 7.77. The van der Waals surface area contributed by atoms with Gasteiger partial charge >= 0.3 is 0 Å². The normalized spacial score (nSPS) is 13.4. The number of aliphatic hydroxyl groups is 1. The molecule has 0 amide bonds. The summed E-state index contributed by atoms with van der Waals surface area (Å²) in [5, 5.41) is 10.9. The van der Waals surface area contributed by atoms with Crippen molar-refractivity contribution in [3.63, 3.8) is 0 Å². The Morgan fingerprint density at radius 3 is 2.12 bits per heavy atom. The van der Waals surface area contributed by atoms with Crippen molar-refractivity contribution in [2.24, 2.45) is 0 Å². The number of aliphatic hydroxyl groups excluding tert-OH is 1. The van der Waals surface area contributed by atoms with Crippen LogP contribution in [-0.4, -0.2) is 5.11 Å². The van der Waals surface area contributed by atoms with Crippen molar-refractivity contribution in [3.05, 3.63) is 84.5 Å². The molecule has 0 fully saturated rings. The van der Waals surface area contributed by atoms with Gasteiger partial charge in [-0.25, -0.2) is 0 Å². The van der Waals surface area contributed by atoms with Gasteiger partial charge in [-0.15, -0.1) is 0 Å². The summed E-state index contributed by atoms with van der Waals surface area (Å²) in [6.45, 7) is 2.01. The molecule has 0 saturated heterocycles. The van der Waals surface area contributed by atoms with Gasteiger partial charge in [-0.3, -0.25) is 4.90 Å². The first-order valence-corrected chi connectivity index (χ1v) is 8.59. The van der Waals surface area contributed by atoms with E-state index in [2.05, 4.69) is 12.1 Å². The molecule has 1 aliphatic rings. The van der Waals surface area contributed by atoms with Crippen molar-refractivity contribution >= 4 is 29.3 Å². The molecule has 1 aromatic heterocycles. The van der Waals surface area contributed by atoms with E-state index in [1.807, 2.05) is 77.2 Å². The molecule has 0 atom stereocenters. The number of nitrogens with zero attached hydrogens (tertiary/aromatic N) is 2. The van der Waals surface area contributed by atoms with Crippen molar-refractivity contribution in [2.75, 3.05) is 4.90 Å². The Morgan fingerprint density at radius 1 is 0.917 bits per heavy atom. The second kappa shape index (κ2) is 6.06. The third-order valence-corrected chi connectivity index (χ3v) is 5.15. The molecule has 0 aliphatic carbocycles. The summed E-state index contributed by atoms with van der Waals surface area (Å²) in [5.41, 5.74) is 3.03. The van der Waals surface area contributed by atoms with Gasteiger partial charge in [0.25, 0.3) is 5.88 Å². The summed E-state index contributed by atoms with van der Waals surface area (Å²) in [6, 6.07) is 22.2. The molecule has 0 unspecified atom stereocenters. The van der Waals surface area contributed by atoms with Crippen LogP contribution in [0.1, 0.15) is 5.69 Å². The average Bonchev–Trinajstić information content (AvgIpc) is 2.61. The Balaban J connectivity index is 1.87. The Hall–Kier alpha value is -2.72. The molecular weight excluding hydrogens is 316 g/mol. The SMILES string of the molecule is Cc1cccc[n+]1/C=C(\O)N1c2ccccc2Sc2ccccc21. The molecule has 3 nitrogen and oxygen atoms in total. The van der Waals surface area contributed by atoms with Crippen molar-refractivity contribution in [2.45, 2.75) is 16.7 Å². The number of aromatic nitrogens is 1. The molecule has 24 heavy (non-hydrogen) atoms. The highest BCUT2D eigenvalue weighted by Gasteiger charge is 2.26. The molecule has 2 heterocycles. The minimum Gasteiger partial charge on any atom is -0.490 e. The van der Waals surface area contributed by atoms with E-state index in [-0.39, 0.29) is 5.88 Å². The average molecular weight is 333 g/mol. The minimum atomic E-state index is 0.189. The van der Waals surface area contributed by atoms with Crippen LogP contribution >= 0.6 is 11.8 Å². The lowest BCUT2D eigenvalue weighted by Crippen LogP contribution is -2.32. The number of fused-ring (bicyclic) bond motifs is 2. The fourth-order valence-electron chi connectivity index (χ4n) is 2.82. The Kier molecular flexibility index (Phi) is 3.75. The van der Waals surface area contributed by atoms with Crippen molar-refractivity contribution in [3.8, 4) is 0 Å². The quantitative estimate of drug-likeness (QED) is 0.534. The van der Waals surface area contributed by atoms with E-state index in [9.17, 15) is 5.11 Å². The standard InChI is InChI=1S/C20H16N2OS/c1-15-8-6-7-13-21(15)14-20(23)22-16-9-2-4-11-18(16)24-19-12-5-3-10-17(19)22/h2-14H,1H3/p+1/b20-14-. The molecule has 4 heteroatoms. The second-order valence-electron chi connectivity index (χ2n) is 5.61. The van der Waals surface area contributed by atoms with Gasteiger partial charge in [-0.05, 0) is 24.3 Å². The summed E-state index contributed by atoms with van der Waals surface area (Å²) in [5.74, 6) is 0.189. The van der Waals surface area contributed by atoms with Gasteiger partial charge in [0, 0.05) is 28.8 Å². The highest BCUT2D eigenvalue weighted by molar-refractivity contribution is 7.99. The van der Waals surface area contributed by atoms with E-state index in [1.165, 1.54) is 0 Å². The van der Waals surface area contributed by atoms with Gasteiger partial charge in [0.2, 0.25) is 6.20 Å². The van der Waals surface area contributed by atoms with E-state index >= 15 is 0 Å². The lowest BCUT2D eigenvalue weighted by atomic mass is 10.2. The van der Waals surface area contributed by atoms with Crippen LogP contribution in [0.4, 0.5) is 11.4 Å². The molecule has 0 bridgehead atoms. The first-order chi connectivity index (χ1) is 11.7. The van der Waals surface area contributed by atoms with Crippen LogP contribution in [0.25, 0.3) is 6.20 Å². The molecule has 1 N–H and O–H groups in total. The van der Waals surface area contributed by atoms with Crippen LogP contribution in [0, 0.1) is 6.92 Å². The summed E-state index contributed by atoms with van der Waals surface area (Å²) in [6.07, 6.45) is 3.68. The van der Waals surface area contributed by atoms with E-state index in [0.717, 1.165) is 26.9 Å². The third-order valence-electron chi connectivity index (χ3n) is 4.02.